The van der Waals surface area contributed by atoms with Crippen LogP contribution in [0.15, 0.2) is 48.7 Å². The molecule has 1 amide bonds. The average Bonchev–Trinajstić information content (AvgIpc) is 3.43. The van der Waals surface area contributed by atoms with Crippen LogP contribution in [0.3, 0.4) is 0 Å². The normalized spacial score (nSPS) is 12.5. The monoisotopic (exact) mass is 476 g/mol. The molecule has 0 radical (unpaired) electrons. The SMILES string of the molecule is COc1ccc(Cn2c(C)nnc2C(CNC(=O)C(C)(C)N)c2c[nH]c3ccccc23)c(OC)c1. The summed E-state index contributed by atoms with van der Waals surface area (Å²) in [6, 6.07) is 13.8. The molecule has 0 saturated carbocycles. The fourth-order valence-corrected chi connectivity index (χ4v) is 4.15. The molecule has 1 atom stereocenters. The maximum absolute atomic E-state index is 12.6. The van der Waals surface area contributed by atoms with Crippen LogP contribution in [0.1, 0.15) is 42.5 Å². The van der Waals surface area contributed by atoms with E-state index in [-0.39, 0.29) is 11.8 Å². The molecule has 35 heavy (non-hydrogen) atoms. The van der Waals surface area contributed by atoms with Crippen molar-refractivity contribution in [1.29, 1.82) is 0 Å². The molecule has 9 heteroatoms. The zero-order chi connectivity index (χ0) is 25.2. The number of nitrogens with zero attached hydrogens (tertiary/aromatic N) is 3. The van der Waals surface area contributed by atoms with Gasteiger partial charge in [-0.3, -0.25) is 4.79 Å². The molecule has 0 aliphatic carbocycles. The van der Waals surface area contributed by atoms with E-state index in [1.165, 1.54) is 0 Å². The lowest BCUT2D eigenvalue weighted by atomic mass is 9.96. The fraction of sp³-hybridized carbons (Fsp3) is 0.346. The first-order valence-electron chi connectivity index (χ1n) is 11.5. The molecule has 0 saturated heterocycles. The number of aryl methyl sites for hydroxylation is 1. The van der Waals surface area contributed by atoms with E-state index in [9.17, 15) is 4.79 Å². The van der Waals surface area contributed by atoms with Gasteiger partial charge in [0.15, 0.2) is 0 Å². The summed E-state index contributed by atoms with van der Waals surface area (Å²) < 4.78 is 13.0. The summed E-state index contributed by atoms with van der Waals surface area (Å²) in [5.41, 5.74) is 8.03. The van der Waals surface area contributed by atoms with Crippen LogP contribution >= 0.6 is 0 Å². The summed E-state index contributed by atoms with van der Waals surface area (Å²) in [6.07, 6.45) is 1.97. The van der Waals surface area contributed by atoms with Gasteiger partial charge in [-0.15, -0.1) is 10.2 Å². The molecule has 2 heterocycles. The van der Waals surface area contributed by atoms with Crippen molar-refractivity contribution in [2.75, 3.05) is 20.8 Å². The van der Waals surface area contributed by atoms with Crippen molar-refractivity contribution in [3.63, 3.8) is 0 Å². The Balaban J connectivity index is 1.77. The molecule has 2 aromatic carbocycles. The number of aromatic nitrogens is 4. The van der Waals surface area contributed by atoms with Crippen molar-refractivity contribution >= 4 is 16.8 Å². The number of fused-ring (bicyclic) bond motifs is 1. The van der Waals surface area contributed by atoms with Crippen molar-refractivity contribution in [2.45, 2.75) is 38.8 Å². The molecule has 0 bridgehead atoms. The second-order valence-corrected chi connectivity index (χ2v) is 9.14. The number of hydrogen-bond acceptors (Lipinski definition) is 6. The van der Waals surface area contributed by atoms with Gasteiger partial charge in [-0.25, -0.2) is 0 Å². The zero-order valence-electron chi connectivity index (χ0n) is 20.8. The Labute approximate surface area is 204 Å². The van der Waals surface area contributed by atoms with Crippen molar-refractivity contribution in [1.82, 2.24) is 25.1 Å². The van der Waals surface area contributed by atoms with Crippen molar-refractivity contribution in [3.05, 3.63) is 71.4 Å². The standard InChI is InChI=1S/C26H32N6O3/c1-16-30-31-24(32(16)15-17-10-11-18(34-4)12-23(17)35-5)21(14-29-25(33)26(2,3)27)20-13-28-22-9-7-6-8-19(20)22/h6-13,21,28H,14-15,27H2,1-5H3,(H,29,33). The van der Waals surface area contributed by atoms with Gasteiger partial charge in [0.1, 0.15) is 23.1 Å². The number of H-pyrrole nitrogens is 1. The Kier molecular flexibility index (Phi) is 6.79. The van der Waals surface area contributed by atoms with Crippen LogP contribution in [-0.2, 0) is 11.3 Å². The number of hydrogen-bond donors (Lipinski definition) is 3. The first-order chi connectivity index (χ1) is 16.7. The first kappa shape index (κ1) is 24.3. The largest absolute Gasteiger partial charge is 0.497 e. The van der Waals surface area contributed by atoms with Gasteiger partial charge in [0.2, 0.25) is 5.91 Å². The predicted molar refractivity (Wildman–Crippen MR) is 135 cm³/mol. The molecule has 9 nitrogen and oxygen atoms in total. The molecule has 1 unspecified atom stereocenters. The number of nitrogens with two attached hydrogens (primary N) is 1. The van der Waals surface area contributed by atoms with E-state index in [1.807, 2.05) is 49.5 Å². The summed E-state index contributed by atoms with van der Waals surface area (Å²) >= 11 is 0. The third-order valence-electron chi connectivity index (χ3n) is 6.15. The van der Waals surface area contributed by atoms with Gasteiger partial charge in [0.05, 0.1) is 32.2 Å². The highest BCUT2D eigenvalue weighted by molar-refractivity contribution is 5.86. The van der Waals surface area contributed by atoms with Gasteiger partial charge in [0.25, 0.3) is 0 Å². The van der Waals surface area contributed by atoms with Crippen molar-refractivity contribution in [3.8, 4) is 11.5 Å². The van der Waals surface area contributed by atoms with Gasteiger partial charge in [-0.1, -0.05) is 18.2 Å². The molecule has 0 aliphatic heterocycles. The molecule has 2 aromatic heterocycles. The van der Waals surface area contributed by atoms with Crippen LogP contribution in [0.25, 0.3) is 10.9 Å². The van der Waals surface area contributed by atoms with Gasteiger partial charge < -0.3 is 30.1 Å². The Hall–Kier alpha value is -3.85. The number of amides is 1. The van der Waals surface area contributed by atoms with Gasteiger partial charge >= 0.3 is 0 Å². The lowest BCUT2D eigenvalue weighted by molar-refractivity contribution is -0.125. The molecule has 0 fully saturated rings. The maximum atomic E-state index is 12.6. The fourth-order valence-electron chi connectivity index (χ4n) is 4.15. The van der Waals surface area contributed by atoms with Gasteiger partial charge in [0, 0.05) is 35.3 Å². The van der Waals surface area contributed by atoms with E-state index in [4.69, 9.17) is 15.2 Å². The third kappa shape index (κ3) is 5.00. The quantitative estimate of drug-likeness (QED) is 0.341. The smallest absolute Gasteiger partial charge is 0.239 e. The number of methoxy groups -OCH3 is 2. The molecular formula is C26H32N6O3. The number of ether oxygens (including phenoxy) is 2. The zero-order valence-corrected chi connectivity index (χ0v) is 20.8. The van der Waals surface area contributed by atoms with E-state index in [1.54, 1.807) is 28.1 Å². The van der Waals surface area contributed by atoms with Crippen LogP contribution in [0, 0.1) is 6.92 Å². The highest BCUT2D eigenvalue weighted by Gasteiger charge is 2.28. The van der Waals surface area contributed by atoms with Crippen molar-refractivity contribution < 1.29 is 14.3 Å². The Morgan fingerprint density at radius 3 is 2.66 bits per heavy atom. The van der Waals surface area contributed by atoms with Crippen molar-refractivity contribution in [2.24, 2.45) is 5.73 Å². The molecule has 184 valence electrons. The number of carbonyl (C=O) groups excluding carboxylic acids is 1. The number of nitrogens with one attached hydrogen (secondary N) is 2. The molecule has 4 N–H and O–H groups in total. The molecule has 4 aromatic rings. The molecular weight excluding hydrogens is 444 g/mol. The number of rotatable bonds is 9. The first-order valence-corrected chi connectivity index (χ1v) is 11.5. The van der Waals surface area contributed by atoms with Crippen LogP contribution < -0.4 is 20.5 Å². The second-order valence-electron chi connectivity index (χ2n) is 9.14. The Bertz CT molecular complexity index is 1330. The minimum atomic E-state index is -0.995. The van der Waals surface area contributed by atoms with E-state index >= 15 is 0 Å². The summed E-state index contributed by atoms with van der Waals surface area (Å²) in [5, 5.41) is 13.0. The highest BCUT2D eigenvalue weighted by Crippen LogP contribution is 2.32. The lowest BCUT2D eigenvalue weighted by Crippen LogP contribution is -2.50. The van der Waals surface area contributed by atoms with Crippen LogP contribution in [-0.4, -0.2) is 52.0 Å². The second kappa shape index (κ2) is 9.79. The Morgan fingerprint density at radius 2 is 1.94 bits per heavy atom. The van der Waals surface area contributed by atoms with Crippen LogP contribution in [0.4, 0.5) is 0 Å². The molecule has 4 rings (SSSR count). The topological polar surface area (TPSA) is 120 Å². The summed E-state index contributed by atoms with van der Waals surface area (Å²) in [5.74, 6) is 2.43. The molecule has 0 aliphatic rings. The van der Waals surface area contributed by atoms with E-state index < -0.39 is 5.54 Å². The average molecular weight is 477 g/mol. The summed E-state index contributed by atoms with van der Waals surface area (Å²) in [4.78, 5) is 16.0. The third-order valence-corrected chi connectivity index (χ3v) is 6.15. The predicted octanol–water partition coefficient (Wildman–Crippen LogP) is 3.12. The summed E-state index contributed by atoms with van der Waals surface area (Å²) in [7, 11) is 3.26. The number of para-hydroxylation sites is 1. The van der Waals surface area contributed by atoms with Gasteiger partial charge in [-0.2, -0.15) is 0 Å². The van der Waals surface area contributed by atoms with E-state index in [2.05, 4.69) is 31.1 Å². The van der Waals surface area contributed by atoms with E-state index in [0.717, 1.165) is 39.4 Å². The molecule has 0 spiro atoms. The van der Waals surface area contributed by atoms with Gasteiger partial charge in [-0.05, 0) is 44.5 Å². The van der Waals surface area contributed by atoms with E-state index in [0.29, 0.717) is 18.8 Å². The number of benzene rings is 2. The number of aromatic amines is 1. The number of carbonyl (C=O) groups is 1. The van der Waals surface area contributed by atoms with Crippen LogP contribution in [0.5, 0.6) is 11.5 Å². The Morgan fingerprint density at radius 1 is 1.17 bits per heavy atom. The van der Waals surface area contributed by atoms with Crippen LogP contribution in [0.2, 0.25) is 0 Å². The summed E-state index contributed by atoms with van der Waals surface area (Å²) in [6.45, 7) is 6.10. The lowest BCUT2D eigenvalue weighted by Gasteiger charge is -2.23. The minimum Gasteiger partial charge on any atom is -0.497 e. The minimum absolute atomic E-state index is 0.234. The maximum Gasteiger partial charge on any atom is 0.239 e. The highest BCUT2D eigenvalue weighted by atomic mass is 16.5.